The van der Waals surface area contributed by atoms with Gasteiger partial charge in [-0.15, -0.1) is 5.10 Å². The molecule has 2 aromatic heterocycles. The maximum Gasteiger partial charge on any atom is 0.100 e. The summed E-state index contributed by atoms with van der Waals surface area (Å²) in [6.07, 6.45) is 1.75. The highest BCUT2D eigenvalue weighted by Crippen LogP contribution is 2.29. The van der Waals surface area contributed by atoms with Gasteiger partial charge < -0.3 is 0 Å². The Hall–Kier alpha value is -1.31. The van der Waals surface area contributed by atoms with Crippen molar-refractivity contribution in [3.63, 3.8) is 0 Å². The molecule has 3 N–H and O–H groups in total. The molecule has 0 amide bonds. The molecule has 0 saturated heterocycles. The number of hydrogen-bond acceptors (Lipinski definition) is 6. The second-order valence-electron chi connectivity index (χ2n) is 4.16. The molecule has 1 atom stereocenters. The van der Waals surface area contributed by atoms with Gasteiger partial charge in [-0.2, -0.15) is 5.10 Å². The molecule has 17 heavy (non-hydrogen) atoms. The molecule has 0 aliphatic heterocycles. The Morgan fingerprint density at radius 2 is 2.24 bits per heavy atom. The van der Waals surface area contributed by atoms with Crippen molar-refractivity contribution in [3.8, 4) is 0 Å². The Labute approximate surface area is 104 Å². The van der Waals surface area contributed by atoms with Crippen LogP contribution in [0.5, 0.6) is 0 Å². The topological polar surface area (TPSA) is 81.7 Å². The molecular weight excluding hydrogens is 236 g/mol. The number of hydrazine groups is 1. The number of rotatable bonds is 4. The predicted octanol–water partition coefficient (Wildman–Crippen LogP) is 0.948. The van der Waals surface area contributed by atoms with Crippen molar-refractivity contribution in [3.05, 3.63) is 28.5 Å². The van der Waals surface area contributed by atoms with Crippen LogP contribution in [-0.4, -0.2) is 19.4 Å². The number of aryl methyl sites for hydroxylation is 1. The van der Waals surface area contributed by atoms with Gasteiger partial charge in [0.25, 0.3) is 0 Å². The van der Waals surface area contributed by atoms with Crippen molar-refractivity contribution < 1.29 is 0 Å². The van der Waals surface area contributed by atoms with Crippen LogP contribution in [0.1, 0.15) is 42.1 Å². The van der Waals surface area contributed by atoms with Gasteiger partial charge in [0.05, 0.1) is 16.3 Å². The lowest BCUT2D eigenvalue weighted by atomic mass is 10.0. The van der Waals surface area contributed by atoms with Crippen LogP contribution in [-0.2, 0) is 7.05 Å². The van der Waals surface area contributed by atoms with Gasteiger partial charge in [-0.3, -0.25) is 10.5 Å². The molecule has 2 aromatic rings. The summed E-state index contributed by atoms with van der Waals surface area (Å²) in [5.74, 6) is 5.98. The van der Waals surface area contributed by atoms with Gasteiger partial charge in [-0.25, -0.2) is 5.43 Å². The van der Waals surface area contributed by atoms with E-state index in [9.17, 15) is 0 Å². The van der Waals surface area contributed by atoms with Crippen LogP contribution in [0.25, 0.3) is 0 Å². The lowest BCUT2D eigenvalue weighted by Crippen LogP contribution is -2.30. The molecule has 0 aliphatic rings. The summed E-state index contributed by atoms with van der Waals surface area (Å²) in [6, 6.07) is 1.83. The van der Waals surface area contributed by atoms with Gasteiger partial charge in [-0.05, 0) is 23.5 Å². The molecule has 7 heteroatoms. The van der Waals surface area contributed by atoms with Crippen molar-refractivity contribution in [2.45, 2.75) is 25.8 Å². The third kappa shape index (κ3) is 2.21. The summed E-state index contributed by atoms with van der Waals surface area (Å²) in [6.45, 7) is 4.19. The number of aromatic nitrogens is 4. The largest absolute Gasteiger partial charge is 0.271 e. The molecular formula is C10H16N6S. The molecule has 0 fully saturated rings. The number of nitrogens with two attached hydrogens (primary N) is 1. The van der Waals surface area contributed by atoms with Crippen molar-refractivity contribution in [2.24, 2.45) is 12.9 Å². The Balaban J connectivity index is 2.43. The van der Waals surface area contributed by atoms with Crippen molar-refractivity contribution in [2.75, 3.05) is 0 Å². The lowest BCUT2D eigenvalue weighted by Gasteiger charge is -2.16. The SMILES string of the molecule is CC(C)c1nnsc1C(NN)c1ccnn1C. The normalized spacial score (nSPS) is 13.2. The summed E-state index contributed by atoms with van der Waals surface area (Å²) in [5.41, 5.74) is 4.80. The van der Waals surface area contributed by atoms with E-state index in [2.05, 4.69) is 34.0 Å². The van der Waals surface area contributed by atoms with Crippen molar-refractivity contribution in [1.29, 1.82) is 0 Å². The van der Waals surface area contributed by atoms with E-state index in [1.807, 2.05) is 13.1 Å². The molecule has 0 radical (unpaired) electrons. The van der Waals surface area contributed by atoms with Gasteiger partial charge in [0.2, 0.25) is 0 Å². The van der Waals surface area contributed by atoms with E-state index in [4.69, 9.17) is 5.84 Å². The summed E-state index contributed by atoms with van der Waals surface area (Å²) < 4.78 is 5.82. The highest BCUT2D eigenvalue weighted by molar-refractivity contribution is 7.05. The van der Waals surface area contributed by atoms with Crippen molar-refractivity contribution in [1.82, 2.24) is 24.8 Å². The third-order valence-corrected chi connectivity index (χ3v) is 3.48. The minimum atomic E-state index is -0.111. The van der Waals surface area contributed by atoms with Crippen LogP contribution >= 0.6 is 11.5 Å². The van der Waals surface area contributed by atoms with Crippen LogP contribution in [0, 0.1) is 0 Å². The molecule has 0 spiro atoms. The molecule has 0 saturated carbocycles. The zero-order valence-electron chi connectivity index (χ0n) is 10.1. The van der Waals surface area contributed by atoms with Crippen LogP contribution < -0.4 is 11.3 Å². The number of hydrogen-bond donors (Lipinski definition) is 2. The second kappa shape index (κ2) is 4.91. The van der Waals surface area contributed by atoms with Crippen LogP contribution in [0.4, 0.5) is 0 Å². The van der Waals surface area contributed by atoms with Gasteiger partial charge in [0.15, 0.2) is 0 Å². The molecule has 2 heterocycles. The smallest absolute Gasteiger partial charge is 0.100 e. The monoisotopic (exact) mass is 252 g/mol. The number of nitrogens with one attached hydrogen (secondary N) is 1. The standard InChI is InChI=1S/C10H16N6S/c1-6(2)8-10(17-15-14-8)9(13-11)7-4-5-12-16(7)3/h4-6,9,13H,11H2,1-3H3. The summed E-state index contributed by atoms with van der Waals surface area (Å²) >= 11 is 1.37. The predicted molar refractivity (Wildman–Crippen MR) is 66.4 cm³/mol. The highest BCUT2D eigenvalue weighted by Gasteiger charge is 2.23. The van der Waals surface area contributed by atoms with E-state index in [1.54, 1.807) is 10.9 Å². The molecule has 92 valence electrons. The van der Waals surface area contributed by atoms with E-state index in [0.717, 1.165) is 16.3 Å². The fourth-order valence-corrected chi connectivity index (χ4v) is 2.65. The minimum absolute atomic E-state index is 0.111. The maximum absolute atomic E-state index is 5.65. The summed E-state index contributed by atoms with van der Waals surface area (Å²) in [5, 5.41) is 8.32. The quantitative estimate of drug-likeness (QED) is 0.625. The van der Waals surface area contributed by atoms with E-state index in [0.29, 0.717) is 5.92 Å². The summed E-state index contributed by atoms with van der Waals surface area (Å²) in [7, 11) is 1.89. The van der Waals surface area contributed by atoms with Gasteiger partial charge in [0.1, 0.15) is 6.04 Å². The molecule has 1 unspecified atom stereocenters. The first kappa shape index (κ1) is 12.2. The second-order valence-corrected chi connectivity index (χ2v) is 4.94. The van der Waals surface area contributed by atoms with E-state index >= 15 is 0 Å². The van der Waals surface area contributed by atoms with Gasteiger partial charge >= 0.3 is 0 Å². The van der Waals surface area contributed by atoms with Gasteiger partial charge in [0, 0.05) is 13.2 Å². The fraction of sp³-hybridized carbons (Fsp3) is 0.500. The van der Waals surface area contributed by atoms with Crippen LogP contribution in [0.15, 0.2) is 12.3 Å². The molecule has 0 aromatic carbocycles. The first-order valence-corrected chi connectivity index (χ1v) is 6.18. The minimum Gasteiger partial charge on any atom is -0.271 e. The Bertz CT molecular complexity index is 488. The Morgan fingerprint density at radius 3 is 2.76 bits per heavy atom. The Morgan fingerprint density at radius 1 is 1.47 bits per heavy atom. The summed E-state index contributed by atoms with van der Waals surface area (Å²) in [4.78, 5) is 1.05. The zero-order chi connectivity index (χ0) is 12.4. The molecule has 0 aliphatic carbocycles. The molecule has 2 rings (SSSR count). The first-order valence-electron chi connectivity index (χ1n) is 5.41. The van der Waals surface area contributed by atoms with Gasteiger partial charge in [-0.1, -0.05) is 18.3 Å². The van der Waals surface area contributed by atoms with Crippen molar-refractivity contribution >= 4 is 11.5 Å². The van der Waals surface area contributed by atoms with Crippen LogP contribution in [0.2, 0.25) is 0 Å². The highest BCUT2D eigenvalue weighted by atomic mass is 32.1. The van der Waals surface area contributed by atoms with E-state index < -0.39 is 0 Å². The molecule has 0 bridgehead atoms. The molecule has 6 nitrogen and oxygen atoms in total. The Kier molecular flexibility index (Phi) is 3.51. The van der Waals surface area contributed by atoms with E-state index in [1.165, 1.54) is 11.5 Å². The zero-order valence-corrected chi connectivity index (χ0v) is 10.9. The van der Waals surface area contributed by atoms with Crippen LogP contribution in [0.3, 0.4) is 0 Å². The maximum atomic E-state index is 5.65. The third-order valence-electron chi connectivity index (χ3n) is 2.67. The fourth-order valence-electron chi connectivity index (χ4n) is 1.77. The average molecular weight is 252 g/mol. The van der Waals surface area contributed by atoms with E-state index in [-0.39, 0.29) is 6.04 Å². The first-order chi connectivity index (χ1) is 8.15. The number of nitrogens with zero attached hydrogens (tertiary/aromatic N) is 4. The average Bonchev–Trinajstić information content (AvgIpc) is 2.90. The lowest BCUT2D eigenvalue weighted by molar-refractivity contribution is 0.574.